The molecular formula is C15H15FN2O2S. The van der Waals surface area contributed by atoms with Gasteiger partial charge < -0.3 is 0 Å². The van der Waals surface area contributed by atoms with Crippen LogP contribution in [0, 0.1) is 5.82 Å². The molecule has 0 saturated carbocycles. The summed E-state index contributed by atoms with van der Waals surface area (Å²) in [5, 5.41) is 3.71. The van der Waals surface area contributed by atoms with E-state index in [0.29, 0.717) is 0 Å². The highest BCUT2D eigenvalue weighted by Crippen LogP contribution is 2.09. The van der Waals surface area contributed by atoms with Crippen molar-refractivity contribution in [3.8, 4) is 0 Å². The standard InChI is InChI=1S/C15H15FN2O2S/c1-2-12-3-5-13(6-4-12)11-17-18-21(19,20)15-9-7-14(16)8-10-15/h3-11,18H,2H2,1H3/b17-11+. The Kier molecular flexibility index (Phi) is 4.70. The molecule has 110 valence electrons. The summed E-state index contributed by atoms with van der Waals surface area (Å²) in [6.07, 6.45) is 2.36. The van der Waals surface area contributed by atoms with Crippen LogP contribution in [0.5, 0.6) is 0 Å². The third-order valence-electron chi connectivity index (χ3n) is 2.90. The van der Waals surface area contributed by atoms with Gasteiger partial charge in [0, 0.05) is 0 Å². The van der Waals surface area contributed by atoms with Crippen molar-refractivity contribution >= 4 is 16.2 Å². The molecule has 0 fully saturated rings. The lowest BCUT2D eigenvalue weighted by Gasteiger charge is -2.03. The lowest BCUT2D eigenvalue weighted by atomic mass is 10.1. The fourth-order valence-electron chi connectivity index (χ4n) is 1.68. The van der Waals surface area contributed by atoms with Gasteiger partial charge in [-0.05, 0) is 41.8 Å². The molecule has 21 heavy (non-hydrogen) atoms. The summed E-state index contributed by atoms with van der Waals surface area (Å²) in [4.78, 5) is 2.05. The molecule has 2 aromatic rings. The van der Waals surface area contributed by atoms with Gasteiger partial charge in [0.2, 0.25) is 0 Å². The van der Waals surface area contributed by atoms with Gasteiger partial charge in [0.25, 0.3) is 10.0 Å². The number of nitrogens with one attached hydrogen (secondary N) is 1. The molecule has 0 atom stereocenters. The summed E-state index contributed by atoms with van der Waals surface area (Å²) >= 11 is 0. The molecule has 0 saturated heterocycles. The van der Waals surface area contributed by atoms with E-state index in [2.05, 4.69) is 16.9 Å². The van der Waals surface area contributed by atoms with Gasteiger partial charge in [-0.1, -0.05) is 31.2 Å². The molecule has 0 aliphatic heterocycles. The Bertz CT molecular complexity index is 723. The summed E-state index contributed by atoms with van der Waals surface area (Å²) in [5.74, 6) is -0.492. The first-order valence-corrected chi connectivity index (χ1v) is 7.89. The van der Waals surface area contributed by atoms with Crippen molar-refractivity contribution in [1.29, 1.82) is 0 Å². The van der Waals surface area contributed by atoms with Crippen LogP contribution < -0.4 is 4.83 Å². The zero-order valence-corrected chi connectivity index (χ0v) is 12.3. The number of aryl methyl sites for hydroxylation is 1. The summed E-state index contributed by atoms with van der Waals surface area (Å²) < 4.78 is 36.5. The number of hydrogen-bond acceptors (Lipinski definition) is 3. The first-order chi connectivity index (χ1) is 10.0. The molecule has 0 aliphatic carbocycles. The molecule has 1 N–H and O–H groups in total. The highest BCUT2D eigenvalue weighted by Gasteiger charge is 2.12. The molecule has 6 heteroatoms. The van der Waals surface area contributed by atoms with E-state index < -0.39 is 15.8 Å². The highest BCUT2D eigenvalue weighted by atomic mass is 32.2. The van der Waals surface area contributed by atoms with Gasteiger partial charge in [-0.2, -0.15) is 13.5 Å². The molecule has 0 spiro atoms. The van der Waals surface area contributed by atoms with Crippen molar-refractivity contribution in [2.45, 2.75) is 18.2 Å². The Balaban J connectivity index is 2.06. The molecule has 0 unspecified atom stereocenters. The SMILES string of the molecule is CCc1ccc(/C=N/NS(=O)(=O)c2ccc(F)cc2)cc1. The van der Waals surface area contributed by atoms with Crippen molar-refractivity contribution in [3.05, 3.63) is 65.5 Å². The van der Waals surface area contributed by atoms with Gasteiger partial charge in [0.15, 0.2) is 0 Å². The Morgan fingerprint density at radius 1 is 1.10 bits per heavy atom. The molecule has 0 heterocycles. The van der Waals surface area contributed by atoms with Gasteiger partial charge in [0.1, 0.15) is 5.82 Å². The van der Waals surface area contributed by atoms with Gasteiger partial charge >= 0.3 is 0 Å². The molecule has 0 aromatic heterocycles. The van der Waals surface area contributed by atoms with Crippen molar-refractivity contribution in [2.75, 3.05) is 0 Å². The minimum Gasteiger partial charge on any atom is -0.207 e. The second-order valence-electron chi connectivity index (χ2n) is 4.40. The summed E-state index contributed by atoms with van der Waals surface area (Å²) in [6, 6.07) is 12.2. The Morgan fingerprint density at radius 3 is 2.29 bits per heavy atom. The topological polar surface area (TPSA) is 58.5 Å². The minimum atomic E-state index is -3.77. The van der Waals surface area contributed by atoms with Crippen molar-refractivity contribution < 1.29 is 12.8 Å². The van der Waals surface area contributed by atoms with Gasteiger partial charge in [0.05, 0.1) is 11.1 Å². The average molecular weight is 306 g/mol. The fraction of sp³-hybridized carbons (Fsp3) is 0.133. The number of sulfonamides is 1. The summed E-state index contributed by atoms with van der Waals surface area (Å²) in [7, 11) is -3.77. The predicted molar refractivity (Wildman–Crippen MR) is 80.1 cm³/mol. The maximum absolute atomic E-state index is 12.8. The zero-order valence-electron chi connectivity index (χ0n) is 11.5. The molecule has 0 radical (unpaired) electrons. The molecule has 0 amide bonds. The van der Waals surface area contributed by atoms with Crippen LogP contribution in [0.4, 0.5) is 4.39 Å². The molecule has 2 aromatic carbocycles. The smallest absolute Gasteiger partial charge is 0.207 e. The Morgan fingerprint density at radius 2 is 1.71 bits per heavy atom. The Labute approximate surface area is 123 Å². The van der Waals surface area contributed by atoms with Crippen LogP contribution in [0.15, 0.2) is 58.5 Å². The summed E-state index contributed by atoms with van der Waals surface area (Å²) in [5.41, 5.74) is 1.98. The van der Waals surface area contributed by atoms with Crippen LogP contribution in [-0.2, 0) is 16.4 Å². The number of hydrazone groups is 1. The minimum absolute atomic E-state index is 0.0395. The first-order valence-electron chi connectivity index (χ1n) is 6.40. The van der Waals surface area contributed by atoms with E-state index in [9.17, 15) is 12.8 Å². The van der Waals surface area contributed by atoms with Crippen molar-refractivity contribution in [1.82, 2.24) is 4.83 Å². The second-order valence-corrected chi connectivity index (χ2v) is 6.06. The number of hydrogen-bond donors (Lipinski definition) is 1. The van der Waals surface area contributed by atoms with E-state index in [0.717, 1.165) is 24.1 Å². The number of halogens is 1. The van der Waals surface area contributed by atoms with Crippen LogP contribution >= 0.6 is 0 Å². The van der Waals surface area contributed by atoms with Gasteiger partial charge in [-0.3, -0.25) is 0 Å². The van der Waals surface area contributed by atoms with Gasteiger partial charge in [-0.25, -0.2) is 9.22 Å². The first kappa shape index (κ1) is 15.2. The second kappa shape index (κ2) is 6.49. The fourth-order valence-corrected chi connectivity index (χ4v) is 2.47. The molecular weight excluding hydrogens is 291 g/mol. The van der Waals surface area contributed by atoms with Gasteiger partial charge in [-0.15, -0.1) is 0 Å². The molecule has 0 bridgehead atoms. The maximum Gasteiger partial charge on any atom is 0.276 e. The van der Waals surface area contributed by atoms with E-state index in [4.69, 9.17) is 0 Å². The van der Waals surface area contributed by atoms with Crippen LogP contribution in [0.3, 0.4) is 0 Å². The van der Waals surface area contributed by atoms with E-state index in [1.807, 2.05) is 24.3 Å². The largest absolute Gasteiger partial charge is 0.276 e. The monoisotopic (exact) mass is 306 g/mol. The normalized spacial score (nSPS) is 11.7. The van der Waals surface area contributed by atoms with E-state index in [-0.39, 0.29) is 4.90 Å². The van der Waals surface area contributed by atoms with Crippen molar-refractivity contribution in [2.24, 2.45) is 5.10 Å². The van der Waals surface area contributed by atoms with E-state index >= 15 is 0 Å². The molecule has 2 rings (SSSR count). The van der Waals surface area contributed by atoms with Crippen LogP contribution in [0.2, 0.25) is 0 Å². The van der Waals surface area contributed by atoms with Crippen molar-refractivity contribution in [3.63, 3.8) is 0 Å². The lowest BCUT2D eigenvalue weighted by Crippen LogP contribution is -2.18. The summed E-state index contributed by atoms with van der Waals surface area (Å²) in [6.45, 7) is 2.06. The predicted octanol–water partition coefficient (Wildman–Crippen LogP) is 2.70. The van der Waals surface area contributed by atoms with Crippen LogP contribution in [0.25, 0.3) is 0 Å². The van der Waals surface area contributed by atoms with Crippen LogP contribution in [-0.4, -0.2) is 14.6 Å². The average Bonchev–Trinajstić information content (AvgIpc) is 2.48. The molecule has 4 nitrogen and oxygen atoms in total. The highest BCUT2D eigenvalue weighted by molar-refractivity contribution is 7.89. The maximum atomic E-state index is 12.8. The number of benzene rings is 2. The van der Waals surface area contributed by atoms with E-state index in [1.54, 1.807) is 0 Å². The Hall–Kier alpha value is -2.21. The zero-order chi connectivity index (χ0) is 15.3. The third-order valence-corrected chi connectivity index (χ3v) is 4.14. The van der Waals surface area contributed by atoms with E-state index in [1.165, 1.54) is 23.9 Å². The lowest BCUT2D eigenvalue weighted by molar-refractivity contribution is 0.583. The number of rotatable bonds is 5. The molecule has 0 aliphatic rings. The number of nitrogens with zero attached hydrogens (tertiary/aromatic N) is 1. The quantitative estimate of drug-likeness (QED) is 0.682. The van der Waals surface area contributed by atoms with Crippen LogP contribution in [0.1, 0.15) is 18.1 Å². The third kappa shape index (κ3) is 4.13.